The number of hydrogen-bond donors (Lipinski definition) is 1. The zero-order valence-corrected chi connectivity index (χ0v) is 17.5. The molecule has 0 saturated carbocycles. The normalized spacial score (nSPS) is 24.1. The second kappa shape index (κ2) is 8.67. The molecule has 2 fully saturated rings. The Morgan fingerprint density at radius 2 is 2.13 bits per heavy atom. The predicted octanol–water partition coefficient (Wildman–Crippen LogP) is 3.65. The average Bonchev–Trinajstić information content (AvgIpc) is 3.16. The highest BCUT2D eigenvalue weighted by atomic mass is 127. The molecule has 2 heterocycles. The monoisotopic (exact) mass is 493 g/mol. The summed E-state index contributed by atoms with van der Waals surface area (Å²) in [5.74, 6) is 1.04. The third kappa shape index (κ3) is 4.82. The van der Waals surface area contributed by atoms with Crippen LogP contribution in [0.1, 0.15) is 25.3 Å². The van der Waals surface area contributed by atoms with Gasteiger partial charge in [0.1, 0.15) is 0 Å². The molecule has 2 aliphatic rings. The minimum atomic E-state index is 0. The molecule has 1 atom stereocenters. The average molecular weight is 494 g/mol. The van der Waals surface area contributed by atoms with Crippen molar-refractivity contribution in [3.05, 3.63) is 34.3 Å². The van der Waals surface area contributed by atoms with Gasteiger partial charge in [-0.05, 0) is 37.5 Å². The summed E-state index contributed by atoms with van der Waals surface area (Å²) in [7, 11) is 0. The van der Waals surface area contributed by atoms with Gasteiger partial charge in [-0.25, -0.2) is 4.99 Å². The Morgan fingerprint density at radius 1 is 1.35 bits per heavy atom. The van der Waals surface area contributed by atoms with Gasteiger partial charge in [-0.1, -0.05) is 28.1 Å². The lowest BCUT2D eigenvalue weighted by molar-refractivity contribution is 0.156. The van der Waals surface area contributed by atoms with E-state index in [4.69, 9.17) is 9.73 Å². The molecule has 6 heteroatoms. The number of ether oxygens (including phenoxy) is 1. The van der Waals surface area contributed by atoms with E-state index in [1.54, 1.807) is 0 Å². The SMILES string of the molecule is CCNC(=NCc1ccc(Br)cc1)N1CCC2(CCOC2)C1.I. The van der Waals surface area contributed by atoms with Crippen LogP contribution >= 0.6 is 39.9 Å². The van der Waals surface area contributed by atoms with Gasteiger partial charge in [0.15, 0.2) is 5.96 Å². The van der Waals surface area contributed by atoms with Crippen molar-refractivity contribution in [2.24, 2.45) is 10.4 Å². The molecule has 4 nitrogen and oxygen atoms in total. The summed E-state index contributed by atoms with van der Waals surface area (Å²) in [5, 5.41) is 3.44. The number of benzene rings is 1. The highest BCUT2D eigenvalue weighted by molar-refractivity contribution is 14.0. The molecule has 3 rings (SSSR count). The molecule has 2 aliphatic heterocycles. The molecule has 1 unspecified atom stereocenters. The Kier molecular flexibility index (Phi) is 7.16. The third-order valence-electron chi connectivity index (χ3n) is 4.58. The van der Waals surface area contributed by atoms with Crippen LogP contribution in [0.25, 0.3) is 0 Å². The molecule has 128 valence electrons. The molecule has 0 aromatic heterocycles. The summed E-state index contributed by atoms with van der Waals surface area (Å²) < 4.78 is 6.73. The maximum atomic E-state index is 5.62. The highest BCUT2D eigenvalue weighted by Crippen LogP contribution is 2.38. The van der Waals surface area contributed by atoms with Gasteiger partial charge < -0.3 is 15.0 Å². The first-order valence-corrected chi connectivity index (χ1v) is 8.86. The van der Waals surface area contributed by atoms with Gasteiger partial charge >= 0.3 is 0 Å². The Morgan fingerprint density at radius 3 is 2.78 bits per heavy atom. The van der Waals surface area contributed by atoms with Crippen molar-refractivity contribution in [1.82, 2.24) is 10.2 Å². The van der Waals surface area contributed by atoms with E-state index in [0.717, 1.165) is 49.8 Å². The first-order chi connectivity index (χ1) is 10.7. The number of aliphatic imine (C=N–C) groups is 1. The Hall–Kier alpha value is -0.340. The molecule has 0 amide bonds. The van der Waals surface area contributed by atoms with Crippen molar-refractivity contribution in [2.75, 3.05) is 32.8 Å². The van der Waals surface area contributed by atoms with Crippen LogP contribution in [0.5, 0.6) is 0 Å². The molecule has 23 heavy (non-hydrogen) atoms. The van der Waals surface area contributed by atoms with E-state index >= 15 is 0 Å². The maximum absolute atomic E-state index is 5.62. The summed E-state index contributed by atoms with van der Waals surface area (Å²) in [6.45, 7) is 7.72. The lowest BCUT2D eigenvalue weighted by Crippen LogP contribution is -2.41. The lowest BCUT2D eigenvalue weighted by atomic mass is 9.87. The predicted molar refractivity (Wildman–Crippen MR) is 108 cm³/mol. The Balaban J connectivity index is 0.00000192. The minimum absolute atomic E-state index is 0. The van der Waals surface area contributed by atoms with Crippen LogP contribution in [0.2, 0.25) is 0 Å². The second-order valence-electron chi connectivity index (χ2n) is 6.27. The fourth-order valence-corrected chi connectivity index (χ4v) is 3.53. The first-order valence-electron chi connectivity index (χ1n) is 8.06. The fraction of sp³-hybridized carbons (Fsp3) is 0.588. The number of hydrogen-bond acceptors (Lipinski definition) is 2. The smallest absolute Gasteiger partial charge is 0.194 e. The lowest BCUT2D eigenvalue weighted by Gasteiger charge is -2.25. The summed E-state index contributed by atoms with van der Waals surface area (Å²) in [5.41, 5.74) is 1.60. The van der Waals surface area contributed by atoms with Crippen molar-refractivity contribution in [3.8, 4) is 0 Å². The Bertz CT molecular complexity index is 529. The van der Waals surface area contributed by atoms with Crippen molar-refractivity contribution in [3.63, 3.8) is 0 Å². The molecule has 0 bridgehead atoms. The summed E-state index contributed by atoms with van der Waals surface area (Å²) >= 11 is 3.47. The van der Waals surface area contributed by atoms with Crippen LogP contribution in [-0.4, -0.2) is 43.7 Å². The molecular formula is C17H25BrIN3O. The fourth-order valence-electron chi connectivity index (χ4n) is 3.27. The molecule has 1 aromatic rings. The summed E-state index contributed by atoms with van der Waals surface area (Å²) in [6.07, 6.45) is 2.41. The topological polar surface area (TPSA) is 36.9 Å². The van der Waals surface area contributed by atoms with E-state index in [2.05, 4.69) is 57.3 Å². The van der Waals surface area contributed by atoms with Gasteiger partial charge in [-0.2, -0.15) is 0 Å². The van der Waals surface area contributed by atoms with Crippen LogP contribution in [0.3, 0.4) is 0 Å². The quantitative estimate of drug-likeness (QED) is 0.396. The molecule has 1 N–H and O–H groups in total. The molecule has 1 aromatic carbocycles. The van der Waals surface area contributed by atoms with Gasteiger partial charge in [0.25, 0.3) is 0 Å². The number of nitrogens with one attached hydrogen (secondary N) is 1. The maximum Gasteiger partial charge on any atom is 0.194 e. The Labute approximate surface area is 164 Å². The van der Waals surface area contributed by atoms with Crippen molar-refractivity contribution in [2.45, 2.75) is 26.3 Å². The first kappa shape index (κ1) is 19.0. The van der Waals surface area contributed by atoms with Crippen LogP contribution in [-0.2, 0) is 11.3 Å². The second-order valence-corrected chi connectivity index (χ2v) is 7.19. The van der Waals surface area contributed by atoms with Gasteiger partial charge in [-0.3, -0.25) is 0 Å². The van der Waals surface area contributed by atoms with E-state index in [0.29, 0.717) is 5.41 Å². The number of halogens is 2. The number of likely N-dealkylation sites (tertiary alicyclic amines) is 1. The van der Waals surface area contributed by atoms with E-state index in [1.165, 1.54) is 18.4 Å². The molecule has 2 saturated heterocycles. The van der Waals surface area contributed by atoms with E-state index in [1.807, 2.05) is 0 Å². The summed E-state index contributed by atoms with van der Waals surface area (Å²) in [6, 6.07) is 8.37. The third-order valence-corrected chi connectivity index (χ3v) is 5.11. The van der Waals surface area contributed by atoms with Crippen molar-refractivity contribution in [1.29, 1.82) is 0 Å². The zero-order valence-electron chi connectivity index (χ0n) is 13.6. The molecular weight excluding hydrogens is 469 g/mol. The van der Waals surface area contributed by atoms with E-state index < -0.39 is 0 Å². The van der Waals surface area contributed by atoms with Crippen LogP contribution in [0, 0.1) is 5.41 Å². The zero-order chi connectivity index (χ0) is 15.4. The number of rotatable bonds is 3. The molecule has 0 aliphatic carbocycles. The van der Waals surface area contributed by atoms with E-state index in [9.17, 15) is 0 Å². The standard InChI is InChI=1S/C17H24BrN3O.HI/c1-2-19-16(20-11-14-3-5-15(18)6-4-14)21-9-7-17(12-21)8-10-22-13-17;/h3-6H,2,7-13H2,1H3,(H,19,20);1H. The van der Waals surface area contributed by atoms with Gasteiger partial charge in [-0.15, -0.1) is 24.0 Å². The minimum Gasteiger partial charge on any atom is -0.381 e. The molecule has 1 spiro atoms. The largest absolute Gasteiger partial charge is 0.381 e. The molecule has 0 radical (unpaired) electrons. The van der Waals surface area contributed by atoms with Crippen LogP contribution in [0.4, 0.5) is 0 Å². The van der Waals surface area contributed by atoms with Crippen molar-refractivity contribution < 1.29 is 4.74 Å². The van der Waals surface area contributed by atoms with Crippen molar-refractivity contribution >= 4 is 45.9 Å². The van der Waals surface area contributed by atoms with E-state index in [-0.39, 0.29) is 24.0 Å². The van der Waals surface area contributed by atoms with Gasteiger partial charge in [0.05, 0.1) is 13.2 Å². The van der Waals surface area contributed by atoms with Gasteiger partial charge in [0.2, 0.25) is 0 Å². The van der Waals surface area contributed by atoms with Crippen LogP contribution < -0.4 is 5.32 Å². The highest BCUT2D eigenvalue weighted by Gasteiger charge is 2.42. The summed E-state index contributed by atoms with van der Waals surface area (Å²) in [4.78, 5) is 7.23. The number of nitrogens with zero attached hydrogens (tertiary/aromatic N) is 2. The van der Waals surface area contributed by atoms with Gasteiger partial charge in [0, 0.05) is 36.1 Å². The number of guanidine groups is 1. The van der Waals surface area contributed by atoms with Crippen LogP contribution in [0.15, 0.2) is 33.7 Å².